The third kappa shape index (κ3) is 14.5. The summed E-state index contributed by atoms with van der Waals surface area (Å²) in [6, 6.07) is 0. The minimum atomic E-state index is -0.0730. The zero-order chi connectivity index (χ0) is 17.3. The SMILES string of the molecule is CCCCC/C=C\C/C=C\CCCCCCCC(=O)OC[C@@H]1CO1. The molecule has 0 spiro atoms. The molecule has 138 valence electrons. The number of epoxide rings is 1. The molecule has 1 fully saturated rings. The third-order valence-electron chi connectivity index (χ3n) is 4.16. The van der Waals surface area contributed by atoms with Crippen LogP contribution in [0.5, 0.6) is 0 Å². The zero-order valence-corrected chi connectivity index (χ0v) is 15.5. The number of carbonyl (C=O) groups excluding carboxylic acids is 1. The molecule has 0 saturated carbocycles. The largest absolute Gasteiger partial charge is 0.463 e. The standard InChI is InChI=1S/C21H36O3/c1-2-3-4-5-6-7-8-9-10-11-12-13-14-15-16-17-21(22)24-19-20-18-23-20/h6-7,9-10,20H,2-5,8,11-19H2,1H3/b7-6-,10-9-/t20-/m0/s1. The van der Waals surface area contributed by atoms with Gasteiger partial charge in [-0.1, -0.05) is 63.3 Å². The molecule has 1 aliphatic heterocycles. The lowest BCUT2D eigenvalue weighted by Gasteiger charge is -2.02. The Morgan fingerprint density at radius 3 is 2.25 bits per heavy atom. The summed E-state index contributed by atoms with van der Waals surface area (Å²) in [7, 11) is 0. The fourth-order valence-corrected chi connectivity index (χ4v) is 2.50. The van der Waals surface area contributed by atoms with Gasteiger partial charge in [0.1, 0.15) is 12.7 Å². The van der Waals surface area contributed by atoms with E-state index in [0.29, 0.717) is 13.0 Å². The van der Waals surface area contributed by atoms with Gasteiger partial charge in [-0.25, -0.2) is 0 Å². The van der Waals surface area contributed by atoms with Crippen molar-refractivity contribution in [2.45, 2.75) is 90.1 Å². The minimum Gasteiger partial charge on any atom is -0.463 e. The van der Waals surface area contributed by atoms with Crippen molar-refractivity contribution in [1.82, 2.24) is 0 Å². The molecule has 3 heteroatoms. The first-order chi connectivity index (χ1) is 11.8. The number of allylic oxidation sites excluding steroid dienone is 4. The van der Waals surface area contributed by atoms with Crippen LogP contribution in [-0.4, -0.2) is 25.3 Å². The number of unbranched alkanes of at least 4 members (excludes halogenated alkanes) is 8. The molecule has 1 heterocycles. The Kier molecular flexibility index (Phi) is 13.5. The molecule has 0 aliphatic carbocycles. The van der Waals surface area contributed by atoms with Gasteiger partial charge in [-0.05, 0) is 38.5 Å². The smallest absolute Gasteiger partial charge is 0.305 e. The second-order valence-electron chi connectivity index (χ2n) is 6.62. The molecule has 0 aromatic carbocycles. The second kappa shape index (κ2) is 15.4. The second-order valence-corrected chi connectivity index (χ2v) is 6.62. The van der Waals surface area contributed by atoms with Crippen molar-refractivity contribution in [3.05, 3.63) is 24.3 Å². The van der Waals surface area contributed by atoms with Crippen LogP contribution in [0.2, 0.25) is 0 Å². The van der Waals surface area contributed by atoms with Gasteiger partial charge in [0.25, 0.3) is 0 Å². The van der Waals surface area contributed by atoms with Gasteiger partial charge in [-0.15, -0.1) is 0 Å². The average molecular weight is 337 g/mol. The highest BCUT2D eigenvalue weighted by Gasteiger charge is 2.23. The van der Waals surface area contributed by atoms with Gasteiger partial charge in [0.2, 0.25) is 0 Å². The molecule has 0 radical (unpaired) electrons. The number of ether oxygens (including phenoxy) is 2. The number of hydrogen-bond donors (Lipinski definition) is 0. The number of carbonyl (C=O) groups is 1. The van der Waals surface area contributed by atoms with E-state index in [2.05, 4.69) is 31.2 Å². The Bertz CT molecular complexity index is 356. The van der Waals surface area contributed by atoms with Crippen LogP contribution in [0.15, 0.2) is 24.3 Å². The third-order valence-corrected chi connectivity index (χ3v) is 4.16. The van der Waals surface area contributed by atoms with Crippen molar-refractivity contribution in [2.75, 3.05) is 13.2 Å². The van der Waals surface area contributed by atoms with Gasteiger partial charge in [-0.3, -0.25) is 4.79 Å². The molecule has 3 nitrogen and oxygen atoms in total. The molecule has 0 aromatic rings. The van der Waals surface area contributed by atoms with Crippen LogP contribution < -0.4 is 0 Å². The molecule has 24 heavy (non-hydrogen) atoms. The van der Waals surface area contributed by atoms with E-state index < -0.39 is 0 Å². The Morgan fingerprint density at radius 2 is 1.58 bits per heavy atom. The summed E-state index contributed by atoms with van der Waals surface area (Å²) in [6.07, 6.45) is 23.1. The van der Waals surface area contributed by atoms with Gasteiger partial charge in [0, 0.05) is 6.42 Å². The predicted octanol–water partition coefficient (Wildman–Crippen LogP) is 5.74. The fourth-order valence-electron chi connectivity index (χ4n) is 2.50. The fraction of sp³-hybridized carbons (Fsp3) is 0.762. The van der Waals surface area contributed by atoms with Crippen molar-refractivity contribution < 1.29 is 14.3 Å². The maximum Gasteiger partial charge on any atom is 0.305 e. The number of hydrogen-bond acceptors (Lipinski definition) is 3. The van der Waals surface area contributed by atoms with Crippen LogP contribution in [-0.2, 0) is 14.3 Å². The Labute approximate surface area is 148 Å². The molecule has 0 bridgehead atoms. The first-order valence-corrected chi connectivity index (χ1v) is 9.90. The summed E-state index contributed by atoms with van der Waals surface area (Å²) < 4.78 is 10.1. The van der Waals surface area contributed by atoms with E-state index in [-0.39, 0.29) is 12.1 Å². The van der Waals surface area contributed by atoms with Gasteiger partial charge in [-0.2, -0.15) is 0 Å². The van der Waals surface area contributed by atoms with E-state index in [4.69, 9.17) is 9.47 Å². The summed E-state index contributed by atoms with van der Waals surface area (Å²) in [4.78, 5) is 11.4. The minimum absolute atomic E-state index is 0.0730. The first-order valence-electron chi connectivity index (χ1n) is 9.90. The maximum atomic E-state index is 11.4. The summed E-state index contributed by atoms with van der Waals surface area (Å²) in [6.45, 7) is 3.43. The van der Waals surface area contributed by atoms with Crippen molar-refractivity contribution in [3.8, 4) is 0 Å². The molecular weight excluding hydrogens is 300 g/mol. The maximum absolute atomic E-state index is 11.4. The molecule has 1 saturated heterocycles. The quantitative estimate of drug-likeness (QED) is 0.156. The first kappa shape index (κ1) is 21.0. The Hall–Kier alpha value is -1.09. The highest BCUT2D eigenvalue weighted by atomic mass is 16.6. The Morgan fingerprint density at radius 1 is 0.958 bits per heavy atom. The lowest BCUT2D eigenvalue weighted by Crippen LogP contribution is -2.09. The molecule has 0 N–H and O–H groups in total. The van der Waals surface area contributed by atoms with Crippen LogP contribution in [0.4, 0.5) is 0 Å². The monoisotopic (exact) mass is 336 g/mol. The van der Waals surface area contributed by atoms with E-state index in [1.165, 1.54) is 51.4 Å². The van der Waals surface area contributed by atoms with Crippen LogP contribution in [0, 0.1) is 0 Å². The number of rotatable bonds is 16. The summed E-state index contributed by atoms with van der Waals surface area (Å²) in [5.74, 6) is -0.0730. The van der Waals surface area contributed by atoms with E-state index >= 15 is 0 Å². The van der Waals surface area contributed by atoms with Crippen LogP contribution >= 0.6 is 0 Å². The van der Waals surface area contributed by atoms with E-state index in [0.717, 1.165) is 25.9 Å². The molecule has 1 atom stereocenters. The van der Waals surface area contributed by atoms with Crippen molar-refractivity contribution in [3.63, 3.8) is 0 Å². The molecule has 0 amide bonds. The topological polar surface area (TPSA) is 38.8 Å². The van der Waals surface area contributed by atoms with Crippen molar-refractivity contribution in [2.24, 2.45) is 0 Å². The summed E-state index contributed by atoms with van der Waals surface area (Å²) in [5.41, 5.74) is 0. The van der Waals surface area contributed by atoms with Gasteiger partial charge in [0.05, 0.1) is 6.61 Å². The van der Waals surface area contributed by atoms with E-state index in [1.807, 2.05) is 0 Å². The molecule has 1 rings (SSSR count). The summed E-state index contributed by atoms with van der Waals surface area (Å²) >= 11 is 0. The molecule has 1 aliphatic rings. The van der Waals surface area contributed by atoms with Gasteiger partial charge >= 0.3 is 5.97 Å². The number of esters is 1. The highest BCUT2D eigenvalue weighted by molar-refractivity contribution is 5.69. The van der Waals surface area contributed by atoms with Crippen molar-refractivity contribution in [1.29, 1.82) is 0 Å². The zero-order valence-electron chi connectivity index (χ0n) is 15.5. The van der Waals surface area contributed by atoms with Crippen LogP contribution in [0.25, 0.3) is 0 Å². The van der Waals surface area contributed by atoms with Gasteiger partial charge < -0.3 is 9.47 Å². The molecule has 0 unspecified atom stereocenters. The van der Waals surface area contributed by atoms with Crippen LogP contribution in [0.3, 0.4) is 0 Å². The van der Waals surface area contributed by atoms with Gasteiger partial charge in [0.15, 0.2) is 0 Å². The highest BCUT2D eigenvalue weighted by Crippen LogP contribution is 2.11. The normalized spacial score (nSPS) is 17.0. The van der Waals surface area contributed by atoms with Crippen LogP contribution in [0.1, 0.15) is 84.0 Å². The summed E-state index contributed by atoms with van der Waals surface area (Å²) in [5, 5.41) is 0. The average Bonchev–Trinajstić information content (AvgIpc) is 3.41. The van der Waals surface area contributed by atoms with E-state index in [9.17, 15) is 4.79 Å². The lowest BCUT2D eigenvalue weighted by molar-refractivity contribution is -0.144. The molecule has 0 aromatic heterocycles. The van der Waals surface area contributed by atoms with E-state index in [1.54, 1.807) is 0 Å². The predicted molar refractivity (Wildman–Crippen MR) is 100 cm³/mol. The Balaban J connectivity index is 1.76. The van der Waals surface area contributed by atoms with Crippen molar-refractivity contribution >= 4 is 5.97 Å². The molecular formula is C21H36O3. The lowest BCUT2D eigenvalue weighted by atomic mass is 10.1.